The van der Waals surface area contributed by atoms with Gasteiger partial charge in [0.05, 0.1) is 6.26 Å². The van der Waals surface area contributed by atoms with Crippen LogP contribution in [0.4, 0.5) is 0 Å². The Bertz CT molecular complexity index is 497. The molecule has 0 bridgehead atoms. The number of ketones is 1. The van der Waals surface area contributed by atoms with Crippen molar-refractivity contribution in [3.05, 3.63) is 45.5 Å². The molecule has 0 aliphatic rings. The highest BCUT2D eigenvalue weighted by Gasteiger charge is 2.12. The average molecular weight is 250 g/mol. The van der Waals surface area contributed by atoms with Gasteiger partial charge in [0.25, 0.3) is 0 Å². The first-order valence-electron chi connectivity index (χ1n) is 5.37. The van der Waals surface area contributed by atoms with Crippen molar-refractivity contribution in [1.82, 2.24) is 0 Å². The van der Waals surface area contributed by atoms with E-state index in [0.29, 0.717) is 6.61 Å². The molecule has 0 aromatic carbocycles. The van der Waals surface area contributed by atoms with Gasteiger partial charge in [-0.1, -0.05) is 0 Å². The van der Waals surface area contributed by atoms with Crippen LogP contribution in [0, 0.1) is 13.8 Å². The first-order valence-corrected chi connectivity index (χ1v) is 6.19. The van der Waals surface area contributed by atoms with Crippen LogP contribution >= 0.6 is 11.3 Å². The Labute approximate surface area is 104 Å². The van der Waals surface area contributed by atoms with Gasteiger partial charge in [0.15, 0.2) is 5.78 Å². The zero-order valence-corrected chi connectivity index (χ0v) is 10.7. The van der Waals surface area contributed by atoms with Crippen LogP contribution in [0.3, 0.4) is 0 Å². The van der Waals surface area contributed by atoms with E-state index < -0.39 is 0 Å². The highest BCUT2D eigenvalue weighted by Crippen LogP contribution is 2.21. The number of carbonyl (C=O) groups is 1. The lowest BCUT2D eigenvalue weighted by molar-refractivity contribution is 0.0691. The topological polar surface area (TPSA) is 39.4 Å². The van der Waals surface area contributed by atoms with Crippen LogP contribution < -0.4 is 0 Å². The number of Topliss-reactive ketones (excluding diaryl/α,β-unsaturated/α-hetero) is 1. The molecular formula is C13H14O3S. The Kier molecular flexibility index (Phi) is 3.76. The van der Waals surface area contributed by atoms with Gasteiger partial charge in [-0.15, -0.1) is 11.3 Å². The van der Waals surface area contributed by atoms with Gasteiger partial charge in [-0.05, 0) is 32.0 Å². The molecule has 17 heavy (non-hydrogen) atoms. The summed E-state index contributed by atoms with van der Waals surface area (Å²) < 4.78 is 10.4. The lowest BCUT2D eigenvalue weighted by Crippen LogP contribution is -2.09. The van der Waals surface area contributed by atoms with Crippen molar-refractivity contribution in [2.75, 3.05) is 6.61 Å². The molecule has 0 atom stereocenters. The van der Waals surface area contributed by atoms with Crippen molar-refractivity contribution in [3.8, 4) is 0 Å². The Morgan fingerprint density at radius 3 is 2.88 bits per heavy atom. The fourth-order valence-electron chi connectivity index (χ4n) is 1.62. The second-order valence-corrected chi connectivity index (χ2v) is 5.28. The fourth-order valence-corrected chi connectivity index (χ4v) is 2.57. The number of aryl methyl sites for hydroxylation is 2. The Morgan fingerprint density at radius 2 is 2.29 bits per heavy atom. The summed E-state index contributed by atoms with van der Waals surface area (Å²) in [5, 5.41) is 0. The van der Waals surface area contributed by atoms with E-state index in [0.717, 1.165) is 21.1 Å². The standard InChI is InChI=1S/C13H14O3S/c1-9-6-12(10(2)17-9)13(14)8-15-7-11-4-3-5-16-11/h3-6H,7-8H2,1-2H3. The number of rotatable bonds is 5. The number of carbonyl (C=O) groups excluding carboxylic acids is 1. The third kappa shape index (κ3) is 3.05. The summed E-state index contributed by atoms with van der Waals surface area (Å²) in [6.07, 6.45) is 1.59. The van der Waals surface area contributed by atoms with Crippen LogP contribution in [-0.2, 0) is 11.3 Å². The maximum Gasteiger partial charge on any atom is 0.189 e. The average Bonchev–Trinajstić information content (AvgIpc) is 2.88. The summed E-state index contributed by atoms with van der Waals surface area (Å²) in [4.78, 5) is 14.1. The van der Waals surface area contributed by atoms with Crippen molar-refractivity contribution >= 4 is 17.1 Å². The van der Waals surface area contributed by atoms with E-state index in [9.17, 15) is 4.79 Å². The third-order valence-electron chi connectivity index (χ3n) is 2.40. The van der Waals surface area contributed by atoms with E-state index in [1.165, 1.54) is 0 Å². The molecule has 3 nitrogen and oxygen atoms in total. The molecule has 0 saturated heterocycles. The number of furan rings is 1. The second-order valence-electron chi connectivity index (χ2n) is 3.82. The maximum atomic E-state index is 11.9. The molecule has 4 heteroatoms. The van der Waals surface area contributed by atoms with Crippen LogP contribution in [0.15, 0.2) is 28.9 Å². The normalized spacial score (nSPS) is 10.7. The van der Waals surface area contributed by atoms with E-state index in [1.54, 1.807) is 23.7 Å². The SMILES string of the molecule is Cc1cc(C(=O)COCc2ccco2)c(C)s1. The fraction of sp³-hybridized carbons (Fsp3) is 0.308. The summed E-state index contributed by atoms with van der Waals surface area (Å²) in [7, 11) is 0. The van der Waals surface area contributed by atoms with Crippen LogP contribution in [0.5, 0.6) is 0 Å². The smallest absolute Gasteiger partial charge is 0.189 e. The van der Waals surface area contributed by atoms with Crippen molar-refractivity contribution in [2.45, 2.75) is 20.5 Å². The molecule has 0 aliphatic carbocycles. The molecule has 0 N–H and O–H groups in total. The summed E-state index contributed by atoms with van der Waals surface area (Å²) in [5.74, 6) is 0.759. The van der Waals surface area contributed by atoms with E-state index in [1.807, 2.05) is 26.0 Å². The summed E-state index contributed by atoms with van der Waals surface area (Å²) >= 11 is 1.63. The first kappa shape index (κ1) is 12.1. The molecular weight excluding hydrogens is 236 g/mol. The highest BCUT2D eigenvalue weighted by atomic mass is 32.1. The molecule has 0 spiro atoms. The van der Waals surface area contributed by atoms with Gasteiger partial charge >= 0.3 is 0 Å². The molecule has 0 unspecified atom stereocenters. The predicted octanol–water partition coefficient (Wildman–Crippen LogP) is 3.36. The largest absolute Gasteiger partial charge is 0.467 e. The molecule has 2 aromatic rings. The van der Waals surface area contributed by atoms with Gasteiger partial charge in [-0.2, -0.15) is 0 Å². The Morgan fingerprint density at radius 1 is 1.47 bits per heavy atom. The lowest BCUT2D eigenvalue weighted by atomic mass is 10.2. The summed E-state index contributed by atoms with van der Waals surface area (Å²) in [5.41, 5.74) is 0.770. The van der Waals surface area contributed by atoms with E-state index in [4.69, 9.17) is 9.15 Å². The Hall–Kier alpha value is -1.39. The summed E-state index contributed by atoms with van der Waals surface area (Å²) in [6.45, 7) is 4.38. The first-order chi connectivity index (χ1) is 8.16. The molecule has 0 amide bonds. The van der Waals surface area contributed by atoms with E-state index >= 15 is 0 Å². The number of hydrogen-bond donors (Lipinski definition) is 0. The van der Waals surface area contributed by atoms with Crippen molar-refractivity contribution in [2.24, 2.45) is 0 Å². The van der Waals surface area contributed by atoms with E-state index in [-0.39, 0.29) is 12.4 Å². The molecule has 0 saturated carbocycles. The van der Waals surface area contributed by atoms with Gasteiger partial charge in [0.1, 0.15) is 19.0 Å². The minimum Gasteiger partial charge on any atom is -0.467 e. The van der Waals surface area contributed by atoms with Crippen molar-refractivity contribution < 1.29 is 13.9 Å². The van der Waals surface area contributed by atoms with Crippen LogP contribution in [0.2, 0.25) is 0 Å². The minimum absolute atomic E-state index is 0.0263. The van der Waals surface area contributed by atoms with Crippen LogP contribution in [0.1, 0.15) is 25.9 Å². The monoisotopic (exact) mass is 250 g/mol. The predicted molar refractivity (Wildman–Crippen MR) is 66.5 cm³/mol. The molecule has 0 aliphatic heterocycles. The quantitative estimate of drug-likeness (QED) is 0.764. The molecule has 90 valence electrons. The Balaban J connectivity index is 1.87. The van der Waals surface area contributed by atoms with Gasteiger partial charge in [-0.3, -0.25) is 4.79 Å². The number of ether oxygens (including phenoxy) is 1. The van der Waals surface area contributed by atoms with Crippen LogP contribution in [0.25, 0.3) is 0 Å². The van der Waals surface area contributed by atoms with Gasteiger partial charge in [0.2, 0.25) is 0 Å². The molecule has 2 rings (SSSR count). The zero-order valence-electron chi connectivity index (χ0n) is 9.86. The maximum absolute atomic E-state index is 11.9. The van der Waals surface area contributed by atoms with E-state index in [2.05, 4.69) is 0 Å². The number of hydrogen-bond acceptors (Lipinski definition) is 4. The molecule has 2 aromatic heterocycles. The highest BCUT2D eigenvalue weighted by molar-refractivity contribution is 7.12. The minimum atomic E-state index is 0.0263. The van der Waals surface area contributed by atoms with Gasteiger partial charge in [-0.25, -0.2) is 0 Å². The molecule has 0 radical (unpaired) electrons. The second kappa shape index (κ2) is 5.29. The zero-order chi connectivity index (χ0) is 12.3. The van der Waals surface area contributed by atoms with Crippen molar-refractivity contribution in [1.29, 1.82) is 0 Å². The lowest BCUT2D eigenvalue weighted by Gasteiger charge is -2.01. The van der Waals surface area contributed by atoms with Crippen LogP contribution in [-0.4, -0.2) is 12.4 Å². The van der Waals surface area contributed by atoms with Gasteiger partial charge < -0.3 is 9.15 Å². The van der Waals surface area contributed by atoms with Gasteiger partial charge in [0, 0.05) is 15.3 Å². The third-order valence-corrected chi connectivity index (χ3v) is 3.36. The summed E-state index contributed by atoms with van der Waals surface area (Å²) in [6, 6.07) is 5.54. The molecule has 2 heterocycles. The number of thiophene rings is 1. The van der Waals surface area contributed by atoms with Crippen molar-refractivity contribution in [3.63, 3.8) is 0 Å². The molecule has 0 fully saturated rings.